The van der Waals surface area contributed by atoms with Crippen molar-refractivity contribution in [3.63, 3.8) is 0 Å². The summed E-state index contributed by atoms with van der Waals surface area (Å²) in [5.74, 6) is -0.811. The topological polar surface area (TPSA) is 61.7 Å². The zero-order valence-electron chi connectivity index (χ0n) is 10.2. The summed E-state index contributed by atoms with van der Waals surface area (Å²) in [6.07, 6.45) is 1.22. The Hall–Kier alpha value is -2.21. The molecule has 6 heteroatoms. The monoisotopic (exact) mass is 336 g/mol. The first-order chi connectivity index (χ1) is 9.56. The Morgan fingerprint density at radius 1 is 1.25 bits per heavy atom. The Balaban J connectivity index is 2.04. The van der Waals surface area contributed by atoms with Crippen molar-refractivity contribution in [1.29, 1.82) is 0 Å². The lowest BCUT2D eigenvalue weighted by atomic mass is 10.2. The van der Waals surface area contributed by atoms with Crippen molar-refractivity contribution in [2.45, 2.75) is 0 Å². The van der Waals surface area contributed by atoms with Crippen LogP contribution < -0.4 is 5.43 Å². The second-order valence-corrected chi connectivity index (χ2v) is 4.83. The minimum Gasteiger partial charge on any atom is -0.508 e. The Bertz CT molecular complexity index is 657. The lowest BCUT2D eigenvalue weighted by Gasteiger charge is -2.00. The van der Waals surface area contributed by atoms with E-state index in [1.54, 1.807) is 12.1 Å². The largest absolute Gasteiger partial charge is 0.508 e. The van der Waals surface area contributed by atoms with Crippen LogP contribution in [0, 0.1) is 5.82 Å². The molecular weight excluding hydrogens is 327 g/mol. The maximum atomic E-state index is 13.4. The number of hydrogen-bond donors (Lipinski definition) is 2. The molecule has 2 aromatic carbocycles. The smallest absolute Gasteiger partial charge is 0.271 e. The van der Waals surface area contributed by atoms with Gasteiger partial charge in [0.1, 0.15) is 11.6 Å². The fourth-order valence-electron chi connectivity index (χ4n) is 1.45. The van der Waals surface area contributed by atoms with Gasteiger partial charge in [-0.1, -0.05) is 15.9 Å². The average molecular weight is 337 g/mol. The van der Waals surface area contributed by atoms with Crippen molar-refractivity contribution in [2.75, 3.05) is 0 Å². The SMILES string of the molecule is O=C(NN=Cc1cc(Br)ccc1F)c1ccc(O)cc1. The van der Waals surface area contributed by atoms with Crippen LogP contribution in [-0.4, -0.2) is 17.2 Å². The zero-order valence-corrected chi connectivity index (χ0v) is 11.8. The molecule has 0 atom stereocenters. The second kappa shape index (κ2) is 6.29. The number of nitrogens with one attached hydrogen (secondary N) is 1. The molecule has 0 aliphatic rings. The van der Waals surface area contributed by atoms with Crippen LogP contribution in [-0.2, 0) is 0 Å². The Labute approximate surface area is 123 Å². The van der Waals surface area contributed by atoms with Crippen molar-refractivity contribution in [3.8, 4) is 5.75 Å². The molecule has 0 radical (unpaired) electrons. The first-order valence-corrected chi connectivity index (χ1v) is 6.43. The molecule has 0 aliphatic carbocycles. The molecule has 0 spiro atoms. The van der Waals surface area contributed by atoms with Crippen molar-refractivity contribution < 1.29 is 14.3 Å². The second-order valence-electron chi connectivity index (χ2n) is 3.91. The third-order valence-electron chi connectivity index (χ3n) is 2.46. The molecule has 2 rings (SSSR count). The molecule has 20 heavy (non-hydrogen) atoms. The number of aromatic hydroxyl groups is 1. The Kier molecular flexibility index (Phi) is 4.47. The number of carbonyl (C=O) groups excluding carboxylic acids is 1. The minimum atomic E-state index is -0.448. The summed E-state index contributed by atoms with van der Waals surface area (Å²) in [5.41, 5.74) is 2.88. The van der Waals surface area contributed by atoms with E-state index in [0.29, 0.717) is 10.0 Å². The highest BCUT2D eigenvalue weighted by Crippen LogP contribution is 2.14. The summed E-state index contributed by atoms with van der Waals surface area (Å²) in [4.78, 5) is 11.7. The highest BCUT2D eigenvalue weighted by Gasteiger charge is 2.04. The normalized spacial score (nSPS) is 10.7. The number of nitrogens with zero attached hydrogens (tertiary/aromatic N) is 1. The van der Waals surface area contributed by atoms with E-state index in [0.717, 1.165) is 0 Å². The summed E-state index contributed by atoms with van der Waals surface area (Å²) in [7, 11) is 0. The van der Waals surface area contributed by atoms with E-state index in [4.69, 9.17) is 5.11 Å². The molecular formula is C14H10BrFN2O2. The quantitative estimate of drug-likeness (QED) is 0.668. The molecule has 2 aromatic rings. The van der Waals surface area contributed by atoms with Crippen LogP contribution in [0.5, 0.6) is 5.75 Å². The first-order valence-electron chi connectivity index (χ1n) is 5.64. The van der Waals surface area contributed by atoms with Gasteiger partial charge in [-0.15, -0.1) is 0 Å². The van der Waals surface area contributed by atoms with E-state index in [1.165, 1.54) is 36.5 Å². The van der Waals surface area contributed by atoms with Crippen molar-refractivity contribution in [3.05, 3.63) is 63.9 Å². The van der Waals surface area contributed by atoms with Crippen LogP contribution in [0.1, 0.15) is 15.9 Å². The van der Waals surface area contributed by atoms with Crippen molar-refractivity contribution >= 4 is 28.1 Å². The summed E-state index contributed by atoms with van der Waals surface area (Å²) in [5, 5.41) is 12.8. The fourth-order valence-corrected chi connectivity index (χ4v) is 1.83. The summed E-state index contributed by atoms with van der Waals surface area (Å²) in [6, 6.07) is 10.1. The third kappa shape index (κ3) is 3.64. The van der Waals surface area contributed by atoms with E-state index < -0.39 is 11.7 Å². The van der Waals surface area contributed by atoms with Gasteiger partial charge >= 0.3 is 0 Å². The van der Waals surface area contributed by atoms with Gasteiger partial charge in [0.25, 0.3) is 5.91 Å². The zero-order chi connectivity index (χ0) is 14.5. The number of amides is 1. The van der Waals surface area contributed by atoms with Crippen LogP contribution in [0.15, 0.2) is 52.0 Å². The number of hydrazone groups is 1. The molecule has 1 amide bonds. The van der Waals surface area contributed by atoms with Gasteiger partial charge in [-0.3, -0.25) is 4.79 Å². The van der Waals surface area contributed by atoms with Crippen molar-refractivity contribution in [1.82, 2.24) is 5.43 Å². The molecule has 0 aromatic heterocycles. The maximum absolute atomic E-state index is 13.4. The van der Waals surface area contributed by atoms with Crippen molar-refractivity contribution in [2.24, 2.45) is 5.10 Å². The average Bonchev–Trinajstić information content (AvgIpc) is 2.43. The standard InChI is InChI=1S/C14H10BrFN2O2/c15-11-3-6-13(16)10(7-11)8-17-18-14(20)9-1-4-12(19)5-2-9/h1-8,19H,(H,18,20). The van der Waals surface area contributed by atoms with E-state index in [1.807, 2.05) is 0 Å². The van der Waals surface area contributed by atoms with Crippen LogP contribution in [0.2, 0.25) is 0 Å². The highest BCUT2D eigenvalue weighted by atomic mass is 79.9. The predicted octanol–water partition coefficient (Wildman–Crippen LogP) is 3.06. The highest BCUT2D eigenvalue weighted by molar-refractivity contribution is 9.10. The number of phenolic OH excluding ortho intramolecular Hbond substituents is 1. The molecule has 0 heterocycles. The van der Waals surface area contributed by atoms with E-state index in [-0.39, 0.29) is 11.3 Å². The van der Waals surface area contributed by atoms with Crippen LogP contribution >= 0.6 is 15.9 Å². The molecule has 0 bridgehead atoms. The maximum Gasteiger partial charge on any atom is 0.271 e. The van der Waals surface area contributed by atoms with Gasteiger partial charge in [0, 0.05) is 15.6 Å². The van der Waals surface area contributed by atoms with Crippen LogP contribution in [0.25, 0.3) is 0 Å². The number of halogens is 2. The molecule has 0 unspecified atom stereocenters. The summed E-state index contributed by atoms with van der Waals surface area (Å²) >= 11 is 3.22. The molecule has 2 N–H and O–H groups in total. The number of phenols is 1. The van der Waals surface area contributed by atoms with Gasteiger partial charge in [-0.05, 0) is 42.5 Å². The van der Waals surface area contributed by atoms with Gasteiger partial charge in [-0.25, -0.2) is 9.82 Å². The molecule has 0 fully saturated rings. The van der Waals surface area contributed by atoms with E-state index in [9.17, 15) is 9.18 Å². The molecule has 0 aliphatic heterocycles. The van der Waals surface area contributed by atoms with Gasteiger partial charge < -0.3 is 5.11 Å². The Morgan fingerprint density at radius 2 is 1.95 bits per heavy atom. The van der Waals surface area contributed by atoms with E-state index >= 15 is 0 Å². The van der Waals surface area contributed by atoms with Gasteiger partial charge in [-0.2, -0.15) is 5.10 Å². The molecule has 4 nitrogen and oxygen atoms in total. The van der Waals surface area contributed by atoms with Crippen LogP contribution in [0.4, 0.5) is 4.39 Å². The predicted molar refractivity (Wildman–Crippen MR) is 77.3 cm³/mol. The number of carbonyl (C=O) groups is 1. The van der Waals surface area contributed by atoms with Gasteiger partial charge in [0.05, 0.1) is 6.21 Å². The summed E-state index contributed by atoms with van der Waals surface area (Å²) < 4.78 is 14.1. The number of rotatable bonds is 3. The van der Waals surface area contributed by atoms with Gasteiger partial charge in [0.15, 0.2) is 0 Å². The molecule has 0 saturated carbocycles. The van der Waals surface area contributed by atoms with Gasteiger partial charge in [0.2, 0.25) is 0 Å². The lowest BCUT2D eigenvalue weighted by molar-refractivity contribution is 0.0955. The third-order valence-corrected chi connectivity index (χ3v) is 2.95. The minimum absolute atomic E-state index is 0.0706. The Morgan fingerprint density at radius 3 is 2.65 bits per heavy atom. The number of hydrogen-bond acceptors (Lipinski definition) is 3. The lowest BCUT2D eigenvalue weighted by Crippen LogP contribution is -2.17. The molecule has 102 valence electrons. The van der Waals surface area contributed by atoms with E-state index in [2.05, 4.69) is 26.5 Å². The molecule has 0 saturated heterocycles. The fraction of sp³-hybridized carbons (Fsp3) is 0. The van der Waals surface area contributed by atoms with Crippen LogP contribution in [0.3, 0.4) is 0 Å². The summed E-state index contributed by atoms with van der Waals surface area (Å²) in [6.45, 7) is 0. The number of benzene rings is 2. The first kappa shape index (κ1) is 14.2.